The lowest BCUT2D eigenvalue weighted by molar-refractivity contribution is -0.143. The Hall–Kier alpha value is -3.10. The molecule has 1 rings (SSSR count). The predicted molar refractivity (Wildman–Crippen MR) is 112 cm³/mol. The van der Waals surface area contributed by atoms with Crippen LogP contribution in [-0.2, 0) is 23.8 Å². The van der Waals surface area contributed by atoms with Gasteiger partial charge in [0, 0.05) is 18.4 Å². The summed E-state index contributed by atoms with van der Waals surface area (Å²) < 4.78 is 19.9. The van der Waals surface area contributed by atoms with Crippen LogP contribution in [0.4, 0.5) is 4.79 Å². The molecule has 0 fully saturated rings. The van der Waals surface area contributed by atoms with Crippen LogP contribution in [0, 0.1) is 0 Å². The fourth-order valence-electron chi connectivity index (χ4n) is 2.51. The van der Waals surface area contributed by atoms with Crippen LogP contribution >= 0.6 is 0 Å². The molecule has 0 saturated carbocycles. The first kappa shape index (κ1) is 25.9. The molecule has 0 unspecified atom stereocenters. The van der Waals surface area contributed by atoms with Crippen molar-refractivity contribution in [3.8, 4) is 5.75 Å². The number of rotatable bonds is 11. The first-order chi connectivity index (χ1) is 14.6. The molecule has 1 amide bonds. The molecule has 1 aromatic rings. The zero-order chi connectivity index (χ0) is 23.4. The van der Waals surface area contributed by atoms with Crippen molar-refractivity contribution in [3.63, 3.8) is 0 Å². The zero-order valence-electron chi connectivity index (χ0n) is 18.7. The second kappa shape index (κ2) is 12.6. The van der Waals surface area contributed by atoms with Crippen LogP contribution in [0.15, 0.2) is 24.3 Å². The lowest BCUT2D eigenvalue weighted by Gasteiger charge is -2.22. The number of nitrogens with one attached hydrogen (secondary N) is 1. The van der Waals surface area contributed by atoms with Crippen LogP contribution in [0.5, 0.6) is 5.75 Å². The van der Waals surface area contributed by atoms with Crippen molar-refractivity contribution < 1.29 is 38.1 Å². The summed E-state index contributed by atoms with van der Waals surface area (Å²) in [4.78, 5) is 47.4. The normalized spacial score (nSPS) is 11.8. The number of carbonyl (C=O) groups excluding carboxylic acids is 4. The highest BCUT2D eigenvalue weighted by Gasteiger charge is 2.25. The maximum absolute atomic E-state index is 12.5. The third-order valence-electron chi connectivity index (χ3n) is 4.03. The Morgan fingerprint density at radius 2 is 1.61 bits per heavy atom. The van der Waals surface area contributed by atoms with Crippen LogP contribution in [0.25, 0.3) is 0 Å². The zero-order valence-corrected chi connectivity index (χ0v) is 18.7. The third-order valence-corrected chi connectivity index (χ3v) is 4.03. The molecule has 31 heavy (non-hydrogen) atoms. The average molecular weight is 437 g/mol. The number of ketones is 1. The van der Waals surface area contributed by atoms with Crippen LogP contribution in [0.2, 0.25) is 0 Å². The number of ether oxygens (including phenoxy) is 4. The summed E-state index contributed by atoms with van der Waals surface area (Å²) in [6.07, 6.45) is 0.119. The summed E-state index contributed by atoms with van der Waals surface area (Å²) >= 11 is 0. The smallest absolute Gasteiger partial charge is 0.408 e. The van der Waals surface area contributed by atoms with E-state index in [0.29, 0.717) is 24.3 Å². The highest BCUT2D eigenvalue weighted by Crippen LogP contribution is 2.16. The predicted octanol–water partition coefficient (Wildman–Crippen LogP) is 3.05. The number of esters is 2. The van der Waals surface area contributed by atoms with Gasteiger partial charge in [0.05, 0.1) is 20.8 Å². The number of Topliss-reactive ketones (excluding diaryl/α,β-unsaturated/α-hetero) is 1. The minimum Gasteiger partial charge on any atom is -0.494 e. The Balaban J connectivity index is 2.56. The molecule has 0 saturated heterocycles. The summed E-state index contributed by atoms with van der Waals surface area (Å²) in [7, 11) is 2.54. The van der Waals surface area contributed by atoms with E-state index in [4.69, 9.17) is 14.2 Å². The number of benzene rings is 1. The van der Waals surface area contributed by atoms with E-state index < -0.39 is 23.7 Å². The molecular weight excluding hydrogens is 406 g/mol. The van der Waals surface area contributed by atoms with Crippen molar-refractivity contribution in [1.29, 1.82) is 0 Å². The number of alkyl carbamates (subject to hydrolysis) is 1. The maximum Gasteiger partial charge on any atom is 0.408 e. The minimum absolute atomic E-state index is 0.0227. The van der Waals surface area contributed by atoms with Gasteiger partial charge in [-0.05, 0) is 57.9 Å². The van der Waals surface area contributed by atoms with E-state index in [1.54, 1.807) is 45.0 Å². The molecule has 0 heterocycles. The van der Waals surface area contributed by atoms with E-state index in [-0.39, 0.29) is 31.0 Å². The molecule has 0 spiro atoms. The topological polar surface area (TPSA) is 117 Å². The standard InChI is InChI=1S/C22H31NO8/c1-22(2,3)31-21(27)23-17(20(26)29-5)12-13-18(24)15-8-10-16(11-9-15)30-14-6-7-19(25)28-4/h8-11,17H,6-7,12-14H2,1-5H3,(H,23,27)/t17-/m0/s1. The van der Waals surface area contributed by atoms with E-state index in [2.05, 4.69) is 10.1 Å². The molecule has 0 bridgehead atoms. The Morgan fingerprint density at radius 3 is 2.16 bits per heavy atom. The van der Waals surface area contributed by atoms with E-state index in [9.17, 15) is 19.2 Å². The van der Waals surface area contributed by atoms with Crippen LogP contribution in [-0.4, -0.2) is 56.3 Å². The van der Waals surface area contributed by atoms with Gasteiger partial charge in [0.25, 0.3) is 0 Å². The number of hydrogen-bond donors (Lipinski definition) is 1. The molecule has 0 aliphatic carbocycles. The first-order valence-corrected chi connectivity index (χ1v) is 9.96. The minimum atomic E-state index is -0.999. The summed E-state index contributed by atoms with van der Waals surface area (Å²) in [6, 6.07) is 5.55. The van der Waals surface area contributed by atoms with Crippen LogP contribution in [0.1, 0.15) is 56.8 Å². The van der Waals surface area contributed by atoms with Crippen molar-refractivity contribution >= 4 is 23.8 Å². The van der Waals surface area contributed by atoms with E-state index in [1.807, 2.05) is 0 Å². The Kier molecular flexibility index (Phi) is 10.5. The monoisotopic (exact) mass is 437 g/mol. The highest BCUT2D eigenvalue weighted by atomic mass is 16.6. The lowest BCUT2D eigenvalue weighted by atomic mass is 10.0. The third kappa shape index (κ3) is 10.5. The number of carbonyl (C=O) groups is 4. The van der Waals surface area contributed by atoms with Gasteiger partial charge in [-0.2, -0.15) is 0 Å². The molecule has 0 aliphatic rings. The molecule has 172 valence electrons. The summed E-state index contributed by atoms with van der Waals surface area (Å²) in [5.74, 6) is -0.581. The second-order valence-corrected chi connectivity index (χ2v) is 7.74. The van der Waals surface area contributed by atoms with Crippen molar-refractivity contribution in [2.45, 2.75) is 58.1 Å². The van der Waals surface area contributed by atoms with Gasteiger partial charge < -0.3 is 24.3 Å². The Labute approximate surface area is 182 Å². The molecule has 0 radical (unpaired) electrons. The number of methoxy groups -OCH3 is 2. The van der Waals surface area contributed by atoms with E-state index in [0.717, 1.165) is 0 Å². The maximum atomic E-state index is 12.5. The van der Waals surface area contributed by atoms with Crippen molar-refractivity contribution in [3.05, 3.63) is 29.8 Å². The van der Waals surface area contributed by atoms with Gasteiger partial charge in [-0.1, -0.05) is 0 Å². The summed E-state index contributed by atoms with van der Waals surface area (Å²) in [6.45, 7) is 5.46. The lowest BCUT2D eigenvalue weighted by Crippen LogP contribution is -2.44. The van der Waals surface area contributed by atoms with Gasteiger partial charge in [-0.25, -0.2) is 9.59 Å². The van der Waals surface area contributed by atoms with Gasteiger partial charge in [-0.3, -0.25) is 9.59 Å². The van der Waals surface area contributed by atoms with Crippen molar-refractivity contribution in [1.82, 2.24) is 5.32 Å². The Morgan fingerprint density at radius 1 is 0.968 bits per heavy atom. The van der Waals surface area contributed by atoms with E-state index >= 15 is 0 Å². The summed E-state index contributed by atoms with van der Waals surface area (Å²) in [5, 5.41) is 2.44. The first-order valence-electron chi connectivity index (χ1n) is 9.96. The molecule has 1 N–H and O–H groups in total. The highest BCUT2D eigenvalue weighted by molar-refractivity contribution is 5.96. The van der Waals surface area contributed by atoms with Crippen LogP contribution in [0.3, 0.4) is 0 Å². The van der Waals surface area contributed by atoms with Crippen molar-refractivity contribution in [2.75, 3.05) is 20.8 Å². The molecule has 1 atom stereocenters. The molecule has 0 aliphatic heterocycles. The van der Waals surface area contributed by atoms with Gasteiger partial charge in [0.15, 0.2) is 5.78 Å². The molecule has 0 aromatic heterocycles. The number of amides is 1. The summed E-state index contributed by atoms with van der Waals surface area (Å²) in [5.41, 5.74) is -0.272. The SMILES string of the molecule is COC(=O)CCCOc1ccc(C(=O)CC[C@H](NC(=O)OC(C)(C)C)C(=O)OC)cc1. The quantitative estimate of drug-likeness (QED) is 0.243. The fourth-order valence-corrected chi connectivity index (χ4v) is 2.51. The average Bonchev–Trinajstić information content (AvgIpc) is 2.72. The van der Waals surface area contributed by atoms with Gasteiger partial charge >= 0.3 is 18.0 Å². The number of hydrogen-bond acceptors (Lipinski definition) is 8. The van der Waals surface area contributed by atoms with Crippen molar-refractivity contribution in [2.24, 2.45) is 0 Å². The molecule has 1 aromatic carbocycles. The molecule has 9 nitrogen and oxygen atoms in total. The van der Waals surface area contributed by atoms with Crippen LogP contribution < -0.4 is 10.1 Å². The second-order valence-electron chi connectivity index (χ2n) is 7.74. The Bertz CT molecular complexity index is 752. The van der Waals surface area contributed by atoms with Gasteiger partial charge in [0.2, 0.25) is 0 Å². The van der Waals surface area contributed by atoms with Gasteiger partial charge in [-0.15, -0.1) is 0 Å². The fraction of sp³-hybridized carbons (Fsp3) is 0.545. The van der Waals surface area contributed by atoms with Gasteiger partial charge in [0.1, 0.15) is 17.4 Å². The molecular formula is C22H31NO8. The molecule has 9 heteroatoms. The largest absolute Gasteiger partial charge is 0.494 e. The van der Waals surface area contributed by atoms with E-state index in [1.165, 1.54) is 14.2 Å².